The Morgan fingerprint density at radius 3 is 2.70 bits per heavy atom. The summed E-state index contributed by atoms with van der Waals surface area (Å²) in [6.07, 6.45) is 0.860. The standard InChI is InChI=1S/C18H17FN2O2/c1-11-10-14(6-7-15(11)19)18(23)21(12(2)22)16-5-3-4-13-8-9-20-17(13)16/h3-7,10,20H,8-9H2,1-2H3. The Bertz CT molecular complexity index is 802. The lowest BCUT2D eigenvalue weighted by molar-refractivity contribution is -0.115. The summed E-state index contributed by atoms with van der Waals surface area (Å²) in [7, 11) is 0. The Balaban J connectivity index is 2.06. The number of hydrogen-bond donors (Lipinski definition) is 1. The average Bonchev–Trinajstić information content (AvgIpc) is 2.99. The number of rotatable bonds is 2. The van der Waals surface area contributed by atoms with Gasteiger partial charge in [0.05, 0.1) is 11.4 Å². The molecule has 0 spiro atoms. The van der Waals surface area contributed by atoms with Crippen molar-refractivity contribution in [2.24, 2.45) is 0 Å². The monoisotopic (exact) mass is 312 g/mol. The largest absolute Gasteiger partial charge is 0.383 e. The van der Waals surface area contributed by atoms with Crippen molar-refractivity contribution in [3.8, 4) is 0 Å². The van der Waals surface area contributed by atoms with Gasteiger partial charge in [0.2, 0.25) is 5.91 Å². The second kappa shape index (κ2) is 5.83. The number of anilines is 2. The molecule has 2 aromatic carbocycles. The molecule has 1 aliphatic rings. The van der Waals surface area contributed by atoms with Gasteiger partial charge in [-0.15, -0.1) is 0 Å². The lowest BCUT2D eigenvalue weighted by Crippen LogP contribution is -2.35. The van der Waals surface area contributed by atoms with E-state index in [2.05, 4.69) is 5.32 Å². The van der Waals surface area contributed by atoms with E-state index in [4.69, 9.17) is 0 Å². The summed E-state index contributed by atoms with van der Waals surface area (Å²) in [6.45, 7) is 3.72. The molecule has 118 valence electrons. The van der Waals surface area contributed by atoms with Crippen LogP contribution in [0.2, 0.25) is 0 Å². The van der Waals surface area contributed by atoms with E-state index in [1.54, 1.807) is 13.0 Å². The van der Waals surface area contributed by atoms with Crippen LogP contribution in [-0.2, 0) is 11.2 Å². The minimum absolute atomic E-state index is 0.287. The number of nitrogens with zero attached hydrogens (tertiary/aromatic N) is 1. The van der Waals surface area contributed by atoms with Crippen molar-refractivity contribution in [1.29, 1.82) is 0 Å². The van der Waals surface area contributed by atoms with Gasteiger partial charge in [-0.05, 0) is 48.7 Å². The van der Waals surface area contributed by atoms with Crippen LogP contribution in [-0.4, -0.2) is 18.4 Å². The van der Waals surface area contributed by atoms with Crippen LogP contribution in [0.15, 0.2) is 36.4 Å². The zero-order valence-electron chi connectivity index (χ0n) is 13.0. The van der Waals surface area contributed by atoms with Crippen molar-refractivity contribution in [1.82, 2.24) is 0 Å². The normalized spacial score (nSPS) is 12.5. The van der Waals surface area contributed by atoms with Crippen LogP contribution in [0.25, 0.3) is 0 Å². The number of nitrogens with one attached hydrogen (secondary N) is 1. The van der Waals surface area contributed by atoms with E-state index in [0.717, 1.165) is 29.1 Å². The first-order valence-corrected chi connectivity index (χ1v) is 7.46. The molecule has 0 bridgehead atoms. The Labute approximate surface area is 133 Å². The maximum Gasteiger partial charge on any atom is 0.265 e. The van der Waals surface area contributed by atoms with Gasteiger partial charge >= 0.3 is 0 Å². The van der Waals surface area contributed by atoms with Crippen LogP contribution in [0.1, 0.15) is 28.4 Å². The van der Waals surface area contributed by atoms with E-state index in [1.807, 2.05) is 12.1 Å². The number of amides is 2. The van der Waals surface area contributed by atoms with Gasteiger partial charge in [0.1, 0.15) is 5.82 Å². The van der Waals surface area contributed by atoms with Crippen LogP contribution in [0.5, 0.6) is 0 Å². The third kappa shape index (κ3) is 2.70. The average molecular weight is 312 g/mol. The summed E-state index contributed by atoms with van der Waals surface area (Å²) in [5.41, 5.74) is 3.09. The van der Waals surface area contributed by atoms with Crippen LogP contribution in [0.4, 0.5) is 15.8 Å². The van der Waals surface area contributed by atoms with Crippen LogP contribution in [0, 0.1) is 12.7 Å². The molecule has 2 amide bonds. The number of carbonyl (C=O) groups is 2. The molecule has 0 atom stereocenters. The third-order valence-corrected chi connectivity index (χ3v) is 3.99. The lowest BCUT2D eigenvalue weighted by atomic mass is 10.1. The van der Waals surface area contributed by atoms with E-state index in [1.165, 1.54) is 25.1 Å². The highest BCUT2D eigenvalue weighted by Crippen LogP contribution is 2.34. The predicted molar refractivity (Wildman–Crippen MR) is 87.3 cm³/mol. The number of fused-ring (bicyclic) bond motifs is 1. The molecule has 0 saturated carbocycles. The molecular formula is C18H17FN2O2. The van der Waals surface area contributed by atoms with E-state index >= 15 is 0 Å². The molecule has 3 rings (SSSR count). The highest BCUT2D eigenvalue weighted by Gasteiger charge is 2.27. The maximum atomic E-state index is 13.4. The van der Waals surface area contributed by atoms with Crippen molar-refractivity contribution in [3.63, 3.8) is 0 Å². The second-order valence-corrected chi connectivity index (χ2v) is 5.61. The highest BCUT2D eigenvalue weighted by molar-refractivity contribution is 6.22. The summed E-state index contributed by atoms with van der Waals surface area (Å²) >= 11 is 0. The maximum absolute atomic E-state index is 13.4. The van der Waals surface area contributed by atoms with Crippen molar-refractivity contribution in [3.05, 3.63) is 58.9 Å². The van der Waals surface area contributed by atoms with E-state index in [9.17, 15) is 14.0 Å². The smallest absolute Gasteiger partial charge is 0.265 e. The number of aryl methyl sites for hydroxylation is 1. The lowest BCUT2D eigenvalue weighted by Gasteiger charge is -2.22. The number of hydrogen-bond acceptors (Lipinski definition) is 3. The van der Waals surface area contributed by atoms with Gasteiger partial charge in [-0.2, -0.15) is 0 Å². The Hall–Kier alpha value is -2.69. The first-order valence-electron chi connectivity index (χ1n) is 7.46. The molecule has 5 heteroatoms. The van der Waals surface area contributed by atoms with E-state index in [0.29, 0.717) is 11.3 Å². The molecule has 0 aromatic heterocycles. The summed E-state index contributed by atoms with van der Waals surface area (Å²) in [5, 5.41) is 3.22. The first-order chi connectivity index (χ1) is 11.0. The summed E-state index contributed by atoms with van der Waals surface area (Å²) < 4.78 is 13.4. The molecule has 4 nitrogen and oxygen atoms in total. The van der Waals surface area contributed by atoms with Crippen LogP contribution >= 0.6 is 0 Å². The van der Waals surface area contributed by atoms with Gasteiger partial charge < -0.3 is 5.32 Å². The second-order valence-electron chi connectivity index (χ2n) is 5.61. The number of imide groups is 1. The van der Waals surface area contributed by atoms with Gasteiger partial charge in [0.25, 0.3) is 5.91 Å². The van der Waals surface area contributed by atoms with Crippen molar-refractivity contribution >= 4 is 23.2 Å². The van der Waals surface area contributed by atoms with Gasteiger partial charge in [-0.1, -0.05) is 12.1 Å². The molecule has 0 aliphatic carbocycles. The third-order valence-electron chi connectivity index (χ3n) is 3.99. The van der Waals surface area contributed by atoms with Gasteiger partial charge in [-0.3, -0.25) is 9.59 Å². The Kier molecular flexibility index (Phi) is 3.86. The van der Waals surface area contributed by atoms with Crippen LogP contribution < -0.4 is 10.2 Å². The molecule has 1 heterocycles. The molecule has 2 aromatic rings. The minimum Gasteiger partial charge on any atom is -0.383 e. The minimum atomic E-state index is -0.456. The topological polar surface area (TPSA) is 49.4 Å². The fourth-order valence-corrected chi connectivity index (χ4v) is 2.84. The van der Waals surface area contributed by atoms with Gasteiger partial charge in [-0.25, -0.2) is 9.29 Å². The molecular weight excluding hydrogens is 295 g/mol. The summed E-state index contributed by atoms with van der Waals surface area (Å²) in [5.74, 6) is -1.21. The molecule has 0 radical (unpaired) electrons. The zero-order chi connectivity index (χ0) is 16.6. The molecule has 1 N–H and O–H groups in total. The summed E-state index contributed by atoms with van der Waals surface area (Å²) in [6, 6.07) is 9.66. The molecule has 0 saturated heterocycles. The van der Waals surface area contributed by atoms with Crippen molar-refractivity contribution in [2.75, 3.05) is 16.8 Å². The quantitative estimate of drug-likeness (QED) is 0.925. The van der Waals surface area contributed by atoms with Gasteiger partial charge in [0.15, 0.2) is 0 Å². The zero-order valence-corrected chi connectivity index (χ0v) is 13.0. The van der Waals surface area contributed by atoms with Crippen molar-refractivity contribution in [2.45, 2.75) is 20.3 Å². The van der Waals surface area contributed by atoms with E-state index in [-0.39, 0.29) is 17.3 Å². The molecule has 0 unspecified atom stereocenters. The van der Waals surface area contributed by atoms with Gasteiger partial charge in [0, 0.05) is 19.0 Å². The van der Waals surface area contributed by atoms with E-state index < -0.39 is 5.91 Å². The number of halogens is 1. The fraction of sp³-hybridized carbons (Fsp3) is 0.222. The molecule has 0 fully saturated rings. The summed E-state index contributed by atoms with van der Waals surface area (Å²) in [4.78, 5) is 26.1. The van der Waals surface area contributed by atoms with Crippen molar-refractivity contribution < 1.29 is 14.0 Å². The Morgan fingerprint density at radius 1 is 1.22 bits per heavy atom. The molecule has 23 heavy (non-hydrogen) atoms. The highest BCUT2D eigenvalue weighted by atomic mass is 19.1. The SMILES string of the molecule is CC(=O)N(C(=O)c1ccc(F)c(C)c1)c1cccc2c1NCC2. The fourth-order valence-electron chi connectivity index (χ4n) is 2.84. The Morgan fingerprint density at radius 2 is 2.00 bits per heavy atom. The van der Waals surface area contributed by atoms with Crippen LogP contribution in [0.3, 0.4) is 0 Å². The predicted octanol–water partition coefficient (Wildman–Crippen LogP) is 3.30. The number of carbonyl (C=O) groups excluding carboxylic acids is 2. The molecule has 1 aliphatic heterocycles. The number of para-hydroxylation sites is 1. The first kappa shape index (κ1) is 15.2. The number of benzene rings is 2.